The molecule has 0 saturated heterocycles. The van der Waals surface area contributed by atoms with E-state index in [2.05, 4.69) is 39.7 Å². The van der Waals surface area contributed by atoms with Gasteiger partial charge in [0, 0.05) is 19.3 Å². The van der Waals surface area contributed by atoms with Crippen molar-refractivity contribution in [2.24, 2.45) is 0 Å². The molecular formula is C14H15N3S. The van der Waals surface area contributed by atoms with Crippen molar-refractivity contribution in [2.45, 2.75) is 19.4 Å². The van der Waals surface area contributed by atoms with E-state index in [1.165, 1.54) is 5.56 Å². The molecule has 2 aromatic rings. The van der Waals surface area contributed by atoms with Crippen molar-refractivity contribution in [3.8, 4) is 6.07 Å². The molecule has 1 atom stereocenters. The van der Waals surface area contributed by atoms with Gasteiger partial charge in [-0.2, -0.15) is 16.6 Å². The highest BCUT2D eigenvalue weighted by atomic mass is 32.1. The highest BCUT2D eigenvalue weighted by molar-refractivity contribution is 7.07. The maximum absolute atomic E-state index is 9.09. The van der Waals surface area contributed by atoms with Gasteiger partial charge in [0.15, 0.2) is 0 Å². The third-order valence-corrected chi connectivity index (χ3v) is 3.75. The van der Waals surface area contributed by atoms with Crippen LogP contribution >= 0.6 is 11.3 Å². The fraction of sp³-hybridized carbons (Fsp3) is 0.286. The molecule has 1 unspecified atom stereocenters. The van der Waals surface area contributed by atoms with Gasteiger partial charge >= 0.3 is 0 Å². The first kappa shape index (κ1) is 12.6. The van der Waals surface area contributed by atoms with Gasteiger partial charge in [-0.25, -0.2) is 4.98 Å². The molecule has 0 bridgehead atoms. The van der Waals surface area contributed by atoms with Crippen LogP contribution in [0.15, 0.2) is 35.2 Å². The summed E-state index contributed by atoms with van der Waals surface area (Å²) in [5, 5.41) is 13.3. The molecule has 3 nitrogen and oxygen atoms in total. The maximum atomic E-state index is 9.09. The lowest BCUT2D eigenvalue weighted by atomic mass is 10.1. The van der Waals surface area contributed by atoms with Crippen LogP contribution in [0.4, 0.5) is 5.82 Å². The van der Waals surface area contributed by atoms with E-state index in [0.29, 0.717) is 11.6 Å². The number of hydrogen-bond acceptors (Lipinski definition) is 4. The zero-order chi connectivity index (χ0) is 13.0. The van der Waals surface area contributed by atoms with Crippen molar-refractivity contribution in [2.75, 3.05) is 11.9 Å². The summed E-state index contributed by atoms with van der Waals surface area (Å²) in [6.45, 7) is 2.15. The van der Waals surface area contributed by atoms with Crippen molar-refractivity contribution >= 4 is 17.2 Å². The molecule has 2 aromatic heterocycles. The zero-order valence-corrected chi connectivity index (χ0v) is 11.3. The number of aromatic nitrogens is 1. The van der Waals surface area contributed by atoms with Crippen LogP contribution in [0, 0.1) is 11.3 Å². The lowest BCUT2D eigenvalue weighted by molar-refractivity contribution is 0.675. The SMILES string of the molecule is CC(Cc1ccsc1)N(C)c1ncccc1C#N. The average Bonchev–Trinajstić information content (AvgIpc) is 2.90. The molecule has 2 rings (SSSR count). The van der Waals surface area contributed by atoms with Crippen LogP contribution in [-0.2, 0) is 6.42 Å². The summed E-state index contributed by atoms with van der Waals surface area (Å²) in [6.07, 6.45) is 2.69. The van der Waals surface area contributed by atoms with E-state index in [1.54, 1.807) is 29.7 Å². The molecule has 2 heterocycles. The predicted molar refractivity (Wildman–Crippen MR) is 74.8 cm³/mol. The van der Waals surface area contributed by atoms with E-state index in [1.807, 2.05) is 7.05 Å². The molecule has 0 radical (unpaired) electrons. The van der Waals surface area contributed by atoms with E-state index < -0.39 is 0 Å². The van der Waals surface area contributed by atoms with Crippen molar-refractivity contribution in [3.63, 3.8) is 0 Å². The Kier molecular flexibility index (Phi) is 3.96. The first-order valence-electron chi connectivity index (χ1n) is 5.81. The Morgan fingerprint density at radius 2 is 2.33 bits per heavy atom. The number of anilines is 1. The second-order valence-corrected chi connectivity index (χ2v) is 5.06. The molecule has 0 aliphatic carbocycles. The lowest BCUT2D eigenvalue weighted by Gasteiger charge is -2.26. The standard InChI is InChI=1S/C14H15N3S/c1-11(8-12-5-7-18-10-12)17(2)14-13(9-15)4-3-6-16-14/h3-7,10-11H,8H2,1-2H3. The minimum absolute atomic E-state index is 0.307. The Hall–Kier alpha value is -1.86. The number of rotatable bonds is 4. The first-order chi connectivity index (χ1) is 8.72. The lowest BCUT2D eigenvalue weighted by Crippen LogP contribution is -2.31. The summed E-state index contributed by atoms with van der Waals surface area (Å²) in [4.78, 5) is 6.37. The molecule has 0 fully saturated rings. The second kappa shape index (κ2) is 5.65. The van der Waals surface area contributed by atoms with Crippen LogP contribution in [0.25, 0.3) is 0 Å². The molecule has 0 aliphatic rings. The molecule has 0 amide bonds. The monoisotopic (exact) mass is 257 g/mol. The normalized spacial score (nSPS) is 11.8. The average molecular weight is 257 g/mol. The Bertz CT molecular complexity index is 542. The molecule has 18 heavy (non-hydrogen) atoms. The number of thiophene rings is 1. The van der Waals surface area contributed by atoms with Crippen LogP contribution in [-0.4, -0.2) is 18.1 Å². The van der Waals surface area contributed by atoms with Crippen molar-refractivity contribution in [1.82, 2.24) is 4.98 Å². The number of hydrogen-bond donors (Lipinski definition) is 0. The first-order valence-corrected chi connectivity index (χ1v) is 6.75. The highest BCUT2D eigenvalue weighted by Gasteiger charge is 2.15. The Morgan fingerprint density at radius 1 is 1.50 bits per heavy atom. The summed E-state index contributed by atoms with van der Waals surface area (Å²) in [6, 6.07) is 8.23. The Balaban J connectivity index is 2.15. The largest absolute Gasteiger partial charge is 0.356 e. The van der Waals surface area contributed by atoms with Gasteiger partial charge in [-0.15, -0.1) is 0 Å². The summed E-state index contributed by atoms with van der Waals surface area (Å²) < 4.78 is 0. The fourth-order valence-corrected chi connectivity index (χ4v) is 2.54. The minimum Gasteiger partial charge on any atom is -0.356 e. The van der Waals surface area contributed by atoms with Crippen LogP contribution in [0.5, 0.6) is 0 Å². The second-order valence-electron chi connectivity index (χ2n) is 4.28. The summed E-state index contributed by atoms with van der Waals surface area (Å²) >= 11 is 1.71. The van der Waals surface area contributed by atoms with Gasteiger partial charge in [0.05, 0.1) is 5.56 Å². The highest BCUT2D eigenvalue weighted by Crippen LogP contribution is 2.19. The molecule has 0 aromatic carbocycles. The quantitative estimate of drug-likeness (QED) is 0.845. The van der Waals surface area contributed by atoms with E-state index in [0.717, 1.165) is 12.2 Å². The molecule has 0 N–H and O–H groups in total. The molecule has 0 aliphatic heterocycles. The predicted octanol–water partition coefficient (Wildman–Crippen LogP) is 3.08. The van der Waals surface area contributed by atoms with E-state index in [-0.39, 0.29) is 0 Å². The van der Waals surface area contributed by atoms with Crippen molar-refractivity contribution < 1.29 is 0 Å². The van der Waals surface area contributed by atoms with Gasteiger partial charge < -0.3 is 4.90 Å². The summed E-state index contributed by atoms with van der Waals surface area (Å²) in [5.74, 6) is 0.753. The van der Waals surface area contributed by atoms with E-state index >= 15 is 0 Å². The number of likely N-dealkylation sites (N-methyl/N-ethyl adjacent to an activating group) is 1. The third kappa shape index (κ3) is 2.69. The van der Waals surface area contributed by atoms with Crippen LogP contribution in [0.3, 0.4) is 0 Å². The van der Waals surface area contributed by atoms with Crippen molar-refractivity contribution in [3.05, 3.63) is 46.3 Å². The van der Waals surface area contributed by atoms with Gasteiger partial charge in [0.2, 0.25) is 0 Å². The summed E-state index contributed by atoms with van der Waals surface area (Å²) in [5.41, 5.74) is 1.95. The van der Waals surface area contributed by atoms with Gasteiger partial charge in [-0.3, -0.25) is 0 Å². The minimum atomic E-state index is 0.307. The van der Waals surface area contributed by atoms with Gasteiger partial charge in [-0.05, 0) is 47.9 Å². The maximum Gasteiger partial charge on any atom is 0.146 e. The van der Waals surface area contributed by atoms with Crippen LogP contribution in [0.2, 0.25) is 0 Å². The third-order valence-electron chi connectivity index (χ3n) is 3.01. The molecule has 92 valence electrons. The molecular weight excluding hydrogens is 242 g/mol. The molecule has 0 saturated carbocycles. The van der Waals surface area contributed by atoms with Gasteiger partial charge in [0.25, 0.3) is 0 Å². The molecule has 4 heteroatoms. The molecule has 0 spiro atoms. The number of nitriles is 1. The number of pyridine rings is 1. The smallest absolute Gasteiger partial charge is 0.146 e. The van der Waals surface area contributed by atoms with Crippen molar-refractivity contribution in [1.29, 1.82) is 5.26 Å². The Labute approximate surface area is 111 Å². The van der Waals surface area contributed by atoms with Gasteiger partial charge in [-0.1, -0.05) is 0 Å². The summed E-state index contributed by atoms with van der Waals surface area (Å²) in [7, 11) is 1.99. The number of nitrogens with zero attached hydrogens (tertiary/aromatic N) is 3. The zero-order valence-electron chi connectivity index (χ0n) is 10.5. The van der Waals surface area contributed by atoms with Crippen LogP contribution < -0.4 is 4.90 Å². The fourth-order valence-electron chi connectivity index (χ4n) is 1.86. The van der Waals surface area contributed by atoms with E-state index in [9.17, 15) is 0 Å². The van der Waals surface area contributed by atoms with E-state index in [4.69, 9.17) is 5.26 Å². The topological polar surface area (TPSA) is 39.9 Å². The Morgan fingerprint density at radius 3 is 3.00 bits per heavy atom. The van der Waals surface area contributed by atoms with Crippen LogP contribution in [0.1, 0.15) is 18.1 Å². The van der Waals surface area contributed by atoms with Gasteiger partial charge in [0.1, 0.15) is 11.9 Å².